The Labute approximate surface area is 188 Å². The molecule has 0 aliphatic carbocycles. The normalized spacial score (nSPS) is 14.5. The quantitative estimate of drug-likeness (QED) is 0.346. The van der Waals surface area contributed by atoms with Gasteiger partial charge in [0, 0.05) is 12.5 Å². The maximum atomic E-state index is 12.5. The number of amides is 1. The van der Waals surface area contributed by atoms with Crippen LogP contribution in [0.25, 0.3) is 0 Å². The van der Waals surface area contributed by atoms with Gasteiger partial charge in [0.05, 0.1) is 16.1 Å². The molecule has 9 heteroatoms. The number of anilines is 1. The predicted molar refractivity (Wildman–Crippen MR) is 117 cm³/mol. The van der Waals surface area contributed by atoms with Crippen LogP contribution in [0.3, 0.4) is 0 Å². The molecule has 3 aromatic carbocycles. The summed E-state index contributed by atoms with van der Waals surface area (Å²) in [5.41, 5.74) is 1.76. The number of nitrogens with zero attached hydrogens (tertiary/aromatic N) is 1. The van der Waals surface area contributed by atoms with Crippen LogP contribution in [0.15, 0.2) is 72.8 Å². The summed E-state index contributed by atoms with van der Waals surface area (Å²) in [4.78, 5) is 47.4. The van der Waals surface area contributed by atoms with E-state index < -0.39 is 35.5 Å². The molecule has 0 saturated carbocycles. The molecule has 1 aliphatic rings. The predicted octanol–water partition coefficient (Wildman–Crippen LogP) is 3.84. The first-order valence-electron chi connectivity index (χ1n) is 10.0. The third-order valence-electron chi connectivity index (χ3n) is 5.10. The van der Waals surface area contributed by atoms with E-state index in [4.69, 9.17) is 9.47 Å². The van der Waals surface area contributed by atoms with E-state index in [1.807, 2.05) is 30.3 Å². The highest BCUT2D eigenvalue weighted by Crippen LogP contribution is 2.31. The van der Waals surface area contributed by atoms with Crippen LogP contribution in [0.2, 0.25) is 0 Å². The highest BCUT2D eigenvalue weighted by molar-refractivity contribution is 5.98. The first-order valence-corrected chi connectivity index (χ1v) is 10.0. The number of esters is 2. The zero-order valence-electron chi connectivity index (χ0n) is 17.2. The molecule has 1 atom stereocenters. The van der Waals surface area contributed by atoms with Gasteiger partial charge in [0.2, 0.25) is 0 Å². The average molecular weight is 446 g/mol. The van der Waals surface area contributed by atoms with Crippen molar-refractivity contribution in [1.29, 1.82) is 0 Å². The molecule has 33 heavy (non-hydrogen) atoms. The Morgan fingerprint density at radius 1 is 1.06 bits per heavy atom. The summed E-state index contributed by atoms with van der Waals surface area (Å²) in [6, 6.07) is 19.4. The molecule has 9 nitrogen and oxygen atoms in total. The van der Waals surface area contributed by atoms with Crippen molar-refractivity contribution in [3.05, 3.63) is 105 Å². The highest BCUT2D eigenvalue weighted by Gasteiger charge is 2.28. The van der Waals surface area contributed by atoms with Crippen molar-refractivity contribution in [1.82, 2.24) is 0 Å². The molecule has 4 rings (SSSR count). The van der Waals surface area contributed by atoms with Crippen molar-refractivity contribution in [2.45, 2.75) is 12.5 Å². The third-order valence-corrected chi connectivity index (χ3v) is 5.10. The van der Waals surface area contributed by atoms with Gasteiger partial charge in [-0.25, -0.2) is 9.59 Å². The molecule has 0 fully saturated rings. The van der Waals surface area contributed by atoms with Crippen molar-refractivity contribution in [3.63, 3.8) is 0 Å². The number of cyclic esters (lactones) is 1. The van der Waals surface area contributed by atoms with Gasteiger partial charge in [0.15, 0.2) is 6.61 Å². The van der Waals surface area contributed by atoms with Crippen molar-refractivity contribution in [2.75, 3.05) is 11.9 Å². The van der Waals surface area contributed by atoms with Crippen LogP contribution in [0.1, 0.15) is 37.9 Å². The Kier molecular flexibility index (Phi) is 6.12. The minimum Gasteiger partial charge on any atom is -0.454 e. The second-order valence-corrected chi connectivity index (χ2v) is 7.28. The first-order chi connectivity index (χ1) is 15.9. The summed E-state index contributed by atoms with van der Waals surface area (Å²) in [6.45, 7) is -0.628. The summed E-state index contributed by atoms with van der Waals surface area (Å²) in [5.74, 6) is -1.96. The van der Waals surface area contributed by atoms with Gasteiger partial charge in [-0.2, -0.15) is 0 Å². The molecular weight excluding hydrogens is 428 g/mol. The first kappa shape index (κ1) is 21.7. The number of carbonyl (C=O) groups is 3. The molecule has 0 radical (unpaired) electrons. The van der Waals surface area contributed by atoms with Crippen LogP contribution >= 0.6 is 0 Å². The smallest absolute Gasteiger partial charge is 0.339 e. The number of nitrogens with one attached hydrogen (secondary N) is 1. The van der Waals surface area contributed by atoms with Crippen molar-refractivity contribution < 1.29 is 28.8 Å². The number of hydrogen-bond acceptors (Lipinski definition) is 7. The van der Waals surface area contributed by atoms with E-state index in [0.29, 0.717) is 17.5 Å². The zero-order valence-corrected chi connectivity index (χ0v) is 17.2. The van der Waals surface area contributed by atoms with Gasteiger partial charge < -0.3 is 14.8 Å². The molecule has 1 aliphatic heterocycles. The van der Waals surface area contributed by atoms with E-state index in [9.17, 15) is 24.5 Å². The van der Waals surface area contributed by atoms with E-state index in [-0.39, 0.29) is 16.9 Å². The largest absolute Gasteiger partial charge is 0.454 e. The Hall–Kier alpha value is -4.53. The molecule has 0 saturated heterocycles. The molecule has 0 bridgehead atoms. The maximum absolute atomic E-state index is 12.5. The van der Waals surface area contributed by atoms with Crippen LogP contribution < -0.4 is 5.32 Å². The fourth-order valence-electron chi connectivity index (χ4n) is 3.52. The number of hydrogen-bond donors (Lipinski definition) is 1. The van der Waals surface area contributed by atoms with E-state index in [0.717, 1.165) is 5.56 Å². The fourth-order valence-corrected chi connectivity index (χ4v) is 3.52. The Morgan fingerprint density at radius 3 is 2.55 bits per heavy atom. The van der Waals surface area contributed by atoms with E-state index >= 15 is 0 Å². The van der Waals surface area contributed by atoms with Crippen LogP contribution in [-0.2, 0) is 20.7 Å². The Balaban J connectivity index is 1.42. The van der Waals surface area contributed by atoms with Crippen molar-refractivity contribution in [3.8, 4) is 0 Å². The zero-order chi connectivity index (χ0) is 23.4. The Morgan fingerprint density at radius 2 is 1.79 bits per heavy atom. The second kappa shape index (κ2) is 9.31. The lowest BCUT2D eigenvalue weighted by Gasteiger charge is -2.25. The van der Waals surface area contributed by atoms with Gasteiger partial charge in [-0.05, 0) is 35.4 Å². The molecular formula is C24H18N2O7. The monoisotopic (exact) mass is 446 g/mol. The van der Waals surface area contributed by atoms with Crippen LogP contribution in [0.5, 0.6) is 0 Å². The SMILES string of the molecule is O=C(COC(=O)c1ccc2c(c1)CC(c1ccccc1)OC2=O)Nc1ccccc1[N+](=O)[O-]. The topological polar surface area (TPSA) is 125 Å². The summed E-state index contributed by atoms with van der Waals surface area (Å²) in [6.07, 6.45) is -0.0745. The number of nitro benzene ring substituents is 1. The standard InChI is InChI=1S/C24H18N2O7/c27-22(25-19-8-4-5-9-20(19)26(30)31)14-32-23(28)16-10-11-18-17(12-16)13-21(33-24(18)29)15-6-2-1-3-7-15/h1-12,21H,13-14H2,(H,25,27). The summed E-state index contributed by atoms with van der Waals surface area (Å²) in [5, 5.41) is 13.4. The number of carbonyl (C=O) groups excluding carboxylic acids is 3. The van der Waals surface area contributed by atoms with Gasteiger partial charge in [-0.1, -0.05) is 42.5 Å². The number of nitro groups is 1. The van der Waals surface area contributed by atoms with Gasteiger partial charge in [-0.3, -0.25) is 14.9 Å². The van der Waals surface area contributed by atoms with E-state index in [2.05, 4.69) is 5.32 Å². The van der Waals surface area contributed by atoms with Gasteiger partial charge in [0.25, 0.3) is 11.6 Å². The van der Waals surface area contributed by atoms with Crippen LogP contribution in [0, 0.1) is 10.1 Å². The number of rotatable bonds is 6. The lowest BCUT2D eigenvalue weighted by atomic mass is 9.93. The maximum Gasteiger partial charge on any atom is 0.339 e. The molecule has 1 N–H and O–H groups in total. The molecule has 0 aromatic heterocycles. The minimum atomic E-state index is -0.759. The molecule has 3 aromatic rings. The summed E-state index contributed by atoms with van der Waals surface area (Å²) >= 11 is 0. The van der Waals surface area contributed by atoms with Gasteiger partial charge in [0.1, 0.15) is 11.8 Å². The third kappa shape index (κ3) is 4.87. The number of ether oxygens (including phenoxy) is 2. The lowest BCUT2D eigenvalue weighted by molar-refractivity contribution is -0.383. The fraction of sp³-hybridized carbons (Fsp3) is 0.125. The molecule has 166 valence electrons. The number of benzene rings is 3. The lowest BCUT2D eigenvalue weighted by Crippen LogP contribution is -2.23. The van der Waals surface area contributed by atoms with Crippen LogP contribution in [0.4, 0.5) is 11.4 Å². The minimum absolute atomic E-state index is 0.00259. The van der Waals surface area contributed by atoms with Crippen molar-refractivity contribution >= 4 is 29.2 Å². The average Bonchev–Trinajstić information content (AvgIpc) is 2.83. The van der Waals surface area contributed by atoms with Gasteiger partial charge >= 0.3 is 11.9 Å². The Bertz CT molecular complexity index is 1240. The summed E-state index contributed by atoms with van der Waals surface area (Å²) in [7, 11) is 0. The van der Waals surface area contributed by atoms with Gasteiger partial charge in [-0.15, -0.1) is 0 Å². The summed E-state index contributed by atoms with van der Waals surface area (Å²) < 4.78 is 10.6. The molecule has 1 heterocycles. The van der Waals surface area contributed by atoms with Crippen LogP contribution in [-0.4, -0.2) is 29.4 Å². The molecule has 1 unspecified atom stereocenters. The van der Waals surface area contributed by atoms with E-state index in [1.54, 1.807) is 6.07 Å². The molecule has 1 amide bonds. The van der Waals surface area contributed by atoms with E-state index in [1.165, 1.54) is 36.4 Å². The number of fused-ring (bicyclic) bond motifs is 1. The number of para-hydroxylation sites is 2. The second-order valence-electron chi connectivity index (χ2n) is 7.28. The highest BCUT2D eigenvalue weighted by atomic mass is 16.6. The molecule has 0 spiro atoms. The van der Waals surface area contributed by atoms with Crippen molar-refractivity contribution in [2.24, 2.45) is 0 Å².